The number of ether oxygens (including phenoxy) is 1. The van der Waals surface area contributed by atoms with Crippen molar-refractivity contribution in [1.29, 1.82) is 0 Å². The first-order chi connectivity index (χ1) is 16.2. The smallest absolute Gasteiger partial charge is 0.339 e. The van der Waals surface area contributed by atoms with Crippen LogP contribution in [0.3, 0.4) is 0 Å². The van der Waals surface area contributed by atoms with Gasteiger partial charge in [-0.2, -0.15) is 0 Å². The molecule has 1 fully saturated rings. The van der Waals surface area contributed by atoms with Gasteiger partial charge in [-0.25, -0.2) is 4.79 Å². The van der Waals surface area contributed by atoms with Crippen molar-refractivity contribution >= 4 is 11.9 Å². The Kier molecular flexibility index (Phi) is 6.22. The molecule has 0 spiro atoms. The largest absolute Gasteiger partial charge is 0.454 e. The maximum Gasteiger partial charge on any atom is 0.339 e. The van der Waals surface area contributed by atoms with Crippen LogP contribution in [0.15, 0.2) is 78.9 Å². The van der Waals surface area contributed by atoms with Gasteiger partial charge in [-0.3, -0.25) is 9.69 Å². The molecule has 1 unspecified atom stereocenters. The third-order valence-electron chi connectivity index (χ3n) is 6.59. The second-order valence-electron chi connectivity index (χ2n) is 8.89. The molecule has 1 saturated heterocycles. The van der Waals surface area contributed by atoms with Gasteiger partial charge in [0.2, 0.25) is 0 Å². The number of hydrogen-bond acceptors (Lipinski definition) is 4. The Bertz CT molecular complexity index is 1120. The molecule has 0 aromatic heterocycles. The van der Waals surface area contributed by atoms with E-state index in [0.29, 0.717) is 17.5 Å². The molecule has 0 aliphatic carbocycles. The van der Waals surface area contributed by atoms with Crippen molar-refractivity contribution in [3.05, 3.63) is 107 Å². The molecule has 168 valence electrons. The van der Waals surface area contributed by atoms with Crippen molar-refractivity contribution in [2.75, 3.05) is 13.1 Å². The van der Waals surface area contributed by atoms with E-state index in [4.69, 9.17) is 4.74 Å². The number of carbonyl (C=O) groups excluding carboxylic acids is 2. The van der Waals surface area contributed by atoms with Crippen molar-refractivity contribution in [1.82, 2.24) is 10.2 Å². The summed E-state index contributed by atoms with van der Waals surface area (Å²) in [5.74, 6) is -0.405. The Morgan fingerprint density at radius 3 is 2.36 bits per heavy atom. The number of likely N-dealkylation sites (tertiary alicyclic amines) is 1. The molecule has 5 rings (SSSR count). The minimum absolute atomic E-state index is 0.0745. The number of carbonyl (C=O) groups is 2. The third-order valence-corrected chi connectivity index (χ3v) is 6.59. The van der Waals surface area contributed by atoms with Gasteiger partial charge in [-0.15, -0.1) is 0 Å². The fourth-order valence-electron chi connectivity index (χ4n) is 4.74. The summed E-state index contributed by atoms with van der Waals surface area (Å²) in [6, 6.07) is 25.7. The summed E-state index contributed by atoms with van der Waals surface area (Å²) in [4.78, 5) is 27.9. The number of benzene rings is 3. The summed E-state index contributed by atoms with van der Waals surface area (Å²) in [6.45, 7) is 2.88. The molecule has 2 aliphatic heterocycles. The lowest BCUT2D eigenvalue weighted by Gasteiger charge is -2.32. The van der Waals surface area contributed by atoms with E-state index in [1.165, 1.54) is 5.56 Å². The molecule has 1 amide bonds. The maximum absolute atomic E-state index is 13.0. The molecule has 5 nitrogen and oxygen atoms in total. The van der Waals surface area contributed by atoms with Crippen LogP contribution in [0.1, 0.15) is 56.4 Å². The van der Waals surface area contributed by atoms with E-state index in [-0.39, 0.29) is 24.0 Å². The van der Waals surface area contributed by atoms with Gasteiger partial charge in [-0.1, -0.05) is 60.7 Å². The van der Waals surface area contributed by atoms with E-state index < -0.39 is 0 Å². The van der Waals surface area contributed by atoms with Gasteiger partial charge in [0.15, 0.2) is 0 Å². The third kappa shape index (κ3) is 4.99. The maximum atomic E-state index is 13.0. The molecule has 33 heavy (non-hydrogen) atoms. The number of rotatable bonds is 5. The van der Waals surface area contributed by atoms with Crippen LogP contribution in [0.4, 0.5) is 0 Å². The molecule has 5 heteroatoms. The molecule has 1 atom stereocenters. The number of nitrogens with zero attached hydrogens (tertiary/aromatic N) is 1. The fourth-order valence-corrected chi connectivity index (χ4v) is 4.74. The van der Waals surface area contributed by atoms with E-state index in [2.05, 4.69) is 34.5 Å². The van der Waals surface area contributed by atoms with Crippen LogP contribution < -0.4 is 5.32 Å². The quantitative estimate of drug-likeness (QED) is 0.592. The molecular weight excluding hydrogens is 412 g/mol. The second kappa shape index (κ2) is 9.59. The molecule has 2 aliphatic rings. The zero-order chi connectivity index (χ0) is 22.6. The van der Waals surface area contributed by atoms with Gasteiger partial charge in [-0.05, 0) is 47.7 Å². The number of hydrogen-bond donors (Lipinski definition) is 1. The predicted octanol–water partition coefficient (Wildman–Crippen LogP) is 4.54. The first-order valence-corrected chi connectivity index (χ1v) is 11.6. The number of nitrogens with one attached hydrogen (secondary N) is 1. The van der Waals surface area contributed by atoms with Gasteiger partial charge in [0.25, 0.3) is 5.91 Å². The zero-order valence-electron chi connectivity index (χ0n) is 18.6. The number of amides is 1. The normalized spacial score (nSPS) is 18.9. The summed E-state index contributed by atoms with van der Waals surface area (Å²) < 4.78 is 5.63. The summed E-state index contributed by atoms with van der Waals surface area (Å²) in [5, 5.41) is 3.20. The fraction of sp³-hybridized carbons (Fsp3) is 0.286. The Morgan fingerprint density at radius 1 is 0.939 bits per heavy atom. The van der Waals surface area contributed by atoms with E-state index in [0.717, 1.165) is 43.6 Å². The topological polar surface area (TPSA) is 58.6 Å². The Morgan fingerprint density at radius 2 is 1.64 bits per heavy atom. The summed E-state index contributed by atoms with van der Waals surface area (Å²) in [7, 11) is 0. The highest BCUT2D eigenvalue weighted by molar-refractivity contribution is 5.98. The molecule has 0 saturated carbocycles. The van der Waals surface area contributed by atoms with Gasteiger partial charge >= 0.3 is 5.97 Å². The van der Waals surface area contributed by atoms with Crippen LogP contribution in [0.5, 0.6) is 0 Å². The number of esters is 1. The van der Waals surface area contributed by atoms with Crippen molar-refractivity contribution in [3.8, 4) is 0 Å². The highest BCUT2D eigenvalue weighted by Gasteiger charge is 2.28. The second-order valence-corrected chi connectivity index (χ2v) is 8.89. The van der Waals surface area contributed by atoms with E-state index in [1.807, 2.05) is 42.5 Å². The molecule has 1 N–H and O–H groups in total. The monoisotopic (exact) mass is 440 g/mol. The van der Waals surface area contributed by atoms with Crippen LogP contribution in [0.2, 0.25) is 0 Å². The van der Waals surface area contributed by atoms with Crippen molar-refractivity contribution < 1.29 is 14.3 Å². The van der Waals surface area contributed by atoms with Crippen molar-refractivity contribution in [2.45, 2.75) is 38.0 Å². The number of fused-ring (bicyclic) bond motifs is 1. The molecule has 3 aromatic rings. The van der Waals surface area contributed by atoms with E-state index >= 15 is 0 Å². The Balaban J connectivity index is 1.20. The summed E-state index contributed by atoms with van der Waals surface area (Å²) >= 11 is 0. The molecule has 2 heterocycles. The minimum Gasteiger partial charge on any atom is -0.454 e. The average molecular weight is 441 g/mol. The molecule has 0 radical (unpaired) electrons. The van der Waals surface area contributed by atoms with Crippen LogP contribution >= 0.6 is 0 Å². The van der Waals surface area contributed by atoms with Crippen LogP contribution in [-0.4, -0.2) is 35.9 Å². The Labute approximate surface area is 194 Å². The Hall–Kier alpha value is -3.44. The number of cyclic esters (lactones) is 1. The first-order valence-electron chi connectivity index (χ1n) is 11.6. The molecular formula is C28H28N2O3. The molecule has 0 bridgehead atoms. The average Bonchev–Trinajstić information content (AvgIpc) is 2.86. The summed E-state index contributed by atoms with van der Waals surface area (Å²) in [5.41, 5.74) is 4.30. The van der Waals surface area contributed by atoms with Crippen LogP contribution in [-0.2, 0) is 17.7 Å². The minimum atomic E-state index is -0.331. The predicted molar refractivity (Wildman–Crippen MR) is 127 cm³/mol. The van der Waals surface area contributed by atoms with Gasteiger partial charge < -0.3 is 10.1 Å². The van der Waals surface area contributed by atoms with Crippen molar-refractivity contribution in [3.63, 3.8) is 0 Å². The lowest BCUT2D eigenvalue weighted by Crippen LogP contribution is -2.44. The standard InChI is InChI=1S/C28H28N2O3/c31-27(29-24-13-15-30(16-14-24)19-20-7-3-1-4-8-20)22-11-12-25-23(17-22)18-26(33-28(25)32)21-9-5-2-6-10-21/h1-12,17,24,26H,13-16,18-19H2,(H,29,31). The first kappa shape index (κ1) is 21.4. The summed E-state index contributed by atoms with van der Waals surface area (Å²) in [6.07, 6.45) is 2.13. The van der Waals surface area contributed by atoms with E-state index in [1.54, 1.807) is 12.1 Å². The highest BCUT2D eigenvalue weighted by atomic mass is 16.5. The van der Waals surface area contributed by atoms with Crippen molar-refractivity contribution in [2.24, 2.45) is 0 Å². The van der Waals surface area contributed by atoms with Crippen LogP contribution in [0.25, 0.3) is 0 Å². The number of piperidine rings is 1. The lowest BCUT2D eigenvalue weighted by molar-refractivity contribution is 0.0252. The van der Waals surface area contributed by atoms with Gasteiger partial charge in [0.1, 0.15) is 6.10 Å². The van der Waals surface area contributed by atoms with Crippen LogP contribution in [0, 0.1) is 0 Å². The lowest BCUT2D eigenvalue weighted by atomic mass is 9.93. The van der Waals surface area contributed by atoms with Gasteiger partial charge in [0, 0.05) is 37.7 Å². The van der Waals surface area contributed by atoms with Gasteiger partial charge in [0.05, 0.1) is 5.56 Å². The SMILES string of the molecule is O=C(NC1CCN(Cc2ccccc2)CC1)c1ccc2c(c1)CC(c1ccccc1)OC2=O. The molecule has 3 aromatic carbocycles. The highest BCUT2D eigenvalue weighted by Crippen LogP contribution is 2.31. The zero-order valence-corrected chi connectivity index (χ0v) is 18.6. The van der Waals surface area contributed by atoms with E-state index in [9.17, 15) is 9.59 Å².